The van der Waals surface area contributed by atoms with E-state index in [2.05, 4.69) is 37.8 Å². The number of hydrogen-bond donors (Lipinski definition) is 4. The number of likely N-dealkylation sites (tertiary alicyclic amines) is 1. The van der Waals surface area contributed by atoms with Gasteiger partial charge in [-0.1, -0.05) is 24.3 Å². The largest absolute Gasteiger partial charge is 0.352 e. The van der Waals surface area contributed by atoms with E-state index in [0.29, 0.717) is 6.54 Å². The van der Waals surface area contributed by atoms with Crippen LogP contribution in [0, 0.1) is 0 Å². The first kappa shape index (κ1) is 20.0. The van der Waals surface area contributed by atoms with E-state index in [-0.39, 0.29) is 29.9 Å². The topological polar surface area (TPSA) is 85.5 Å². The lowest BCUT2D eigenvalue weighted by Gasteiger charge is -2.32. The minimum absolute atomic E-state index is 0.000431. The minimum Gasteiger partial charge on any atom is -0.352 e. The Balaban J connectivity index is 1.17. The fourth-order valence-corrected chi connectivity index (χ4v) is 4.66. The Morgan fingerprint density at radius 1 is 1.07 bits per heavy atom. The average Bonchev–Trinajstić information content (AvgIpc) is 3.42. The van der Waals surface area contributed by atoms with E-state index in [1.807, 2.05) is 36.4 Å². The Bertz CT molecular complexity index is 806. The monoisotopic (exact) mass is 413 g/mol. The normalized spacial score (nSPS) is 23.0. The second-order valence-corrected chi connectivity index (χ2v) is 8.60. The zero-order chi connectivity index (χ0) is 20.1. The molecule has 2 atom stereocenters. The lowest BCUT2D eigenvalue weighted by Crippen LogP contribution is -2.51. The number of carbonyl (C=O) groups is 2. The molecule has 3 heterocycles. The number of piperidine rings is 1. The van der Waals surface area contributed by atoms with Crippen molar-refractivity contribution in [2.45, 2.75) is 37.4 Å². The number of hydrogen-bond acceptors (Lipinski definition) is 6. The number of nitrogens with zero attached hydrogens (tertiary/aromatic N) is 1. The highest BCUT2D eigenvalue weighted by atomic mass is 32.1. The molecule has 2 aromatic rings. The van der Waals surface area contributed by atoms with Crippen molar-refractivity contribution in [2.75, 3.05) is 25.0 Å². The second-order valence-electron chi connectivity index (χ2n) is 7.62. The first-order valence-corrected chi connectivity index (χ1v) is 11.0. The number of amides is 2. The Kier molecular flexibility index (Phi) is 6.56. The van der Waals surface area contributed by atoms with Crippen molar-refractivity contribution in [2.24, 2.45) is 0 Å². The summed E-state index contributed by atoms with van der Waals surface area (Å²) in [5.74, 6) is 0.0522. The SMILES string of the molecule is O=C(CN1CCC(NC(=O)C2CC(c3cccs3)NN2)CC1)Nc1ccccc1. The molecule has 0 spiro atoms. The molecule has 0 aliphatic carbocycles. The summed E-state index contributed by atoms with van der Waals surface area (Å²) >= 11 is 1.70. The van der Waals surface area contributed by atoms with Crippen LogP contribution in [0.4, 0.5) is 5.69 Å². The van der Waals surface area contributed by atoms with E-state index in [1.165, 1.54) is 4.88 Å². The molecule has 2 fully saturated rings. The number of nitrogens with one attached hydrogen (secondary N) is 4. The molecule has 0 bridgehead atoms. The molecule has 154 valence electrons. The van der Waals surface area contributed by atoms with E-state index >= 15 is 0 Å². The lowest BCUT2D eigenvalue weighted by atomic mass is 10.0. The molecule has 0 saturated carbocycles. The predicted octanol–water partition coefficient (Wildman–Crippen LogP) is 1.87. The number of para-hydroxylation sites is 1. The van der Waals surface area contributed by atoms with Crippen LogP contribution in [0.1, 0.15) is 30.2 Å². The fraction of sp³-hybridized carbons (Fsp3) is 0.429. The summed E-state index contributed by atoms with van der Waals surface area (Å²) in [7, 11) is 0. The van der Waals surface area contributed by atoms with Gasteiger partial charge in [0.15, 0.2) is 0 Å². The molecule has 2 saturated heterocycles. The van der Waals surface area contributed by atoms with Gasteiger partial charge in [0, 0.05) is 29.7 Å². The first-order valence-electron chi connectivity index (χ1n) is 10.1. The molecule has 1 aromatic carbocycles. The molecule has 8 heteroatoms. The molecule has 29 heavy (non-hydrogen) atoms. The van der Waals surface area contributed by atoms with Crippen molar-refractivity contribution in [3.05, 3.63) is 52.7 Å². The van der Waals surface area contributed by atoms with Gasteiger partial charge < -0.3 is 10.6 Å². The van der Waals surface area contributed by atoms with Crippen LogP contribution in [0.3, 0.4) is 0 Å². The highest BCUT2D eigenvalue weighted by Gasteiger charge is 2.32. The second kappa shape index (κ2) is 9.49. The molecule has 2 aliphatic rings. The number of benzene rings is 1. The zero-order valence-electron chi connectivity index (χ0n) is 16.3. The van der Waals surface area contributed by atoms with Crippen LogP contribution in [0.25, 0.3) is 0 Å². The Labute approximate surface area is 174 Å². The number of carbonyl (C=O) groups excluding carboxylic acids is 2. The maximum atomic E-state index is 12.6. The van der Waals surface area contributed by atoms with Crippen molar-refractivity contribution in [3.63, 3.8) is 0 Å². The van der Waals surface area contributed by atoms with Gasteiger partial charge in [0.25, 0.3) is 0 Å². The summed E-state index contributed by atoms with van der Waals surface area (Å²) in [5, 5.41) is 8.15. The summed E-state index contributed by atoms with van der Waals surface area (Å²) in [6.07, 6.45) is 2.47. The van der Waals surface area contributed by atoms with Gasteiger partial charge >= 0.3 is 0 Å². The van der Waals surface area contributed by atoms with Gasteiger partial charge in [-0.05, 0) is 42.8 Å². The van der Waals surface area contributed by atoms with Crippen molar-refractivity contribution in [1.82, 2.24) is 21.1 Å². The van der Waals surface area contributed by atoms with E-state index in [9.17, 15) is 9.59 Å². The van der Waals surface area contributed by atoms with Crippen molar-refractivity contribution in [3.8, 4) is 0 Å². The van der Waals surface area contributed by atoms with E-state index in [4.69, 9.17) is 0 Å². The minimum atomic E-state index is -0.211. The lowest BCUT2D eigenvalue weighted by molar-refractivity contribution is -0.124. The van der Waals surface area contributed by atoms with Crippen molar-refractivity contribution >= 4 is 28.8 Å². The van der Waals surface area contributed by atoms with Crippen LogP contribution in [0.15, 0.2) is 47.8 Å². The standard InChI is InChI=1S/C21H27N5O2S/c27-20(22-15-5-2-1-3-6-15)14-26-10-8-16(9-11-26)23-21(28)18-13-17(24-25-18)19-7-4-12-29-19/h1-7,12,16-18,24-25H,8-11,13-14H2,(H,22,27)(H,23,28). The summed E-state index contributed by atoms with van der Waals surface area (Å²) in [6, 6.07) is 13.8. The zero-order valence-corrected chi connectivity index (χ0v) is 17.1. The van der Waals surface area contributed by atoms with Gasteiger partial charge in [-0.15, -0.1) is 11.3 Å². The first-order chi connectivity index (χ1) is 14.2. The quantitative estimate of drug-likeness (QED) is 0.581. The molecule has 4 rings (SSSR count). The van der Waals surface area contributed by atoms with Crippen LogP contribution in [-0.2, 0) is 9.59 Å². The number of thiophene rings is 1. The van der Waals surface area contributed by atoms with Crippen LogP contribution < -0.4 is 21.5 Å². The molecule has 7 nitrogen and oxygen atoms in total. The summed E-state index contributed by atoms with van der Waals surface area (Å²) in [4.78, 5) is 28.2. The summed E-state index contributed by atoms with van der Waals surface area (Å²) in [5.41, 5.74) is 7.16. The van der Waals surface area contributed by atoms with Gasteiger partial charge in [-0.2, -0.15) is 0 Å². The fourth-order valence-electron chi connectivity index (χ4n) is 3.87. The third-order valence-corrected chi connectivity index (χ3v) is 6.45. The van der Waals surface area contributed by atoms with Crippen LogP contribution in [0.2, 0.25) is 0 Å². The van der Waals surface area contributed by atoms with Gasteiger partial charge in [0.05, 0.1) is 12.6 Å². The summed E-state index contributed by atoms with van der Waals surface area (Å²) < 4.78 is 0. The third kappa shape index (κ3) is 5.42. The maximum absolute atomic E-state index is 12.6. The van der Waals surface area contributed by atoms with Gasteiger partial charge in [-0.3, -0.25) is 14.5 Å². The van der Waals surface area contributed by atoms with Crippen molar-refractivity contribution < 1.29 is 9.59 Å². The average molecular weight is 414 g/mol. The Morgan fingerprint density at radius 3 is 2.59 bits per heavy atom. The molecule has 2 aliphatic heterocycles. The molecule has 1 aromatic heterocycles. The Morgan fingerprint density at radius 2 is 1.86 bits per heavy atom. The van der Waals surface area contributed by atoms with Gasteiger partial charge in [0.2, 0.25) is 11.8 Å². The van der Waals surface area contributed by atoms with E-state index in [0.717, 1.165) is 38.0 Å². The Hall–Kier alpha value is -2.26. The van der Waals surface area contributed by atoms with Crippen LogP contribution in [0.5, 0.6) is 0 Å². The van der Waals surface area contributed by atoms with E-state index < -0.39 is 0 Å². The van der Waals surface area contributed by atoms with Gasteiger partial charge in [0.1, 0.15) is 6.04 Å². The number of anilines is 1. The van der Waals surface area contributed by atoms with Crippen LogP contribution in [-0.4, -0.2) is 48.4 Å². The van der Waals surface area contributed by atoms with E-state index in [1.54, 1.807) is 11.3 Å². The molecule has 0 radical (unpaired) electrons. The smallest absolute Gasteiger partial charge is 0.238 e. The van der Waals surface area contributed by atoms with Crippen LogP contribution >= 0.6 is 11.3 Å². The molecular weight excluding hydrogens is 386 g/mol. The third-order valence-electron chi connectivity index (χ3n) is 5.47. The summed E-state index contributed by atoms with van der Waals surface area (Å²) in [6.45, 7) is 1.99. The maximum Gasteiger partial charge on any atom is 0.238 e. The number of hydrazine groups is 1. The highest BCUT2D eigenvalue weighted by molar-refractivity contribution is 7.10. The highest BCUT2D eigenvalue weighted by Crippen LogP contribution is 2.26. The predicted molar refractivity (Wildman–Crippen MR) is 114 cm³/mol. The van der Waals surface area contributed by atoms with Gasteiger partial charge in [-0.25, -0.2) is 10.9 Å². The van der Waals surface area contributed by atoms with Crippen molar-refractivity contribution in [1.29, 1.82) is 0 Å². The number of rotatable bonds is 6. The molecule has 2 amide bonds. The molecule has 2 unspecified atom stereocenters. The molecule has 4 N–H and O–H groups in total. The molecular formula is C21H27N5O2S.